The van der Waals surface area contributed by atoms with E-state index in [2.05, 4.69) is 19.2 Å². The van der Waals surface area contributed by atoms with Crippen LogP contribution in [0.3, 0.4) is 0 Å². The van der Waals surface area contributed by atoms with Crippen LogP contribution in [0.4, 0.5) is 0 Å². The third kappa shape index (κ3) is 2.71. The summed E-state index contributed by atoms with van der Waals surface area (Å²) in [6.45, 7) is 6.07. The molecule has 0 saturated carbocycles. The Balaban J connectivity index is 2.05. The highest BCUT2D eigenvalue weighted by Crippen LogP contribution is 2.24. The Morgan fingerprint density at radius 3 is 2.82 bits per heavy atom. The molecule has 1 amide bonds. The molecule has 3 rings (SSSR count). The van der Waals surface area contributed by atoms with Gasteiger partial charge in [-0.2, -0.15) is 0 Å². The molecule has 22 heavy (non-hydrogen) atoms. The zero-order valence-electron chi connectivity index (χ0n) is 13.5. The van der Waals surface area contributed by atoms with Crippen molar-refractivity contribution in [2.45, 2.75) is 32.2 Å². The summed E-state index contributed by atoms with van der Waals surface area (Å²) < 4.78 is 0. The fourth-order valence-corrected chi connectivity index (χ4v) is 2.99. The van der Waals surface area contributed by atoms with Gasteiger partial charge in [-0.05, 0) is 31.0 Å². The maximum atomic E-state index is 13.0. The quantitative estimate of drug-likeness (QED) is 0.947. The molecule has 1 atom stereocenters. The lowest BCUT2D eigenvalue weighted by molar-refractivity contribution is 0.0745. The number of nitrogens with zero attached hydrogens (tertiary/aromatic N) is 2. The SMILES string of the molecule is CC(C)c1cc(C(=O)N(C)C2CCNC2)c2ccccc2n1. The van der Waals surface area contributed by atoms with E-state index in [1.54, 1.807) is 0 Å². The fraction of sp³-hybridized carbons (Fsp3) is 0.444. The molecule has 0 bridgehead atoms. The fourth-order valence-electron chi connectivity index (χ4n) is 2.99. The van der Waals surface area contributed by atoms with Crippen molar-refractivity contribution >= 4 is 16.8 Å². The Labute approximate surface area is 131 Å². The molecule has 1 N–H and O–H groups in total. The second-order valence-corrected chi connectivity index (χ2v) is 6.33. The maximum absolute atomic E-state index is 13.0. The smallest absolute Gasteiger partial charge is 0.254 e. The van der Waals surface area contributed by atoms with Gasteiger partial charge in [-0.1, -0.05) is 32.0 Å². The normalized spacial score (nSPS) is 18.1. The lowest BCUT2D eigenvalue weighted by Gasteiger charge is -2.25. The molecule has 1 aliphatic rings. The molecule has 2 aromatic rings. The number of para-hydroxylation sites is 1. The number of nitrogens with one attached hydrogen (secondary N) is 1. The van der Waals surface area contributed by atoms with E-state index in [1.165, 1.54) is 0 Å². The van der Waals surface area contributed by atoms with Crippen LogP contribution in [0.15, 0.2) is 30.3 Å². The van der Waals surface area contributed by atoms with Gasteiger partial charge >= 0.3 is 0 Å². The Kier molecular flexibility index (Phi) is 4.12. The van der Waals surface area contributed by atoms with Crippen molar-refractivity contribution in [3.05, 3.63) is 41.6 Å². The predicted octanol–water partition coefficient (Wildman–Crippen LogP) is 2.79. The minimum absolute atomic E-state index is 0.0919. The van der Waals surface area contributed by atoms with Crippen LogP contribution in [0.1, 0.15) is 42.2 Å². The van der Waals surface area contributed by atoms with Gasteiger partial charge in [0.1, 0.15) is 0 Å². The largest absolute Gasteiger partial charge is 0.337 e. The minimum atomic E-state index is 0.0919. The average molecular weight is 297 g/mol. The van der Waals surface area contributed by atoms with Gasteiger partial charge in [0.25, 0.3) is 5.91 Å². The maximum Gasteiger partial charge on any atom is 0.254 e. The summed E-state index contributed by atoms with van der Waals surface area (Å²) >= 11 is 0. The van der Waals surface area contributed by atoms with Crippen LogP contribution in [0, 0.1) is 0 Å². The van der Waals surface area contributed by atoms with E-state index in [4.69, 9.17) is 4.98 Å². The van der Waals surface area contributed by atoms with Gasteiger partial charge in [-0.3, -0.25) is 9.78 Å². The van der Waals surface area contributed by atoms with E-state index in [-0.39, 0.29) is 11.9 Å². The first-order valence-electron chi connectivity index (χ1n) is 7.95. The van der Waals surface area contributed by atoms with Gasteiger partial charge in [-0.15, -0.1) is 0 Å². The molecule has 4 heteroatoms. The van der Waals surface area contributed by atoms with Crippen molar-refractivity contribution in [2.75, 3.05) is 20.1 Å². The lowest BCUT2D eigenvalue weighted by Crippen LogP contribution is -2.38. The summed E-state index contributed by atoms with van der Waals surface area (Å²) in [6, 6.07) is 10.1. The number of hydrogen-bond donors (Lipinski definition) is 1. The molecule has 0 aliphatic carbocycles. The standard InChI is InChI=1S/C18H23N3O/c1-12(2)17-10-15(14-6-4-5-7-16(14)20-17)18(22)21(3)13-8-9-19-11-13/h4-7,10,12-13,19H,8-9,11H2,1-3H3. The number of aromatic nitrogens is 1. The van der Waals surface area contributed by atoms with E-state index < -0.39 is 0 Å². The van der Waals surface area contributed by atoms with E-state index >= 15 is 0 Å². The third-order valence-corrected chi connectivity index (χ3v) is 4.46. The van der Waals surface area contributed by atoms with Crippen molar-refractivity contribution in [2.24, 2.45) is 0 Å². The number of likely N-dealkylation sites (N-methyl/N-ethyl adjacent to an activating group) is 1. The van der Waals surface area contributed by atoms with Gasteiger partial charge in [0.05, 0.1) is 11.1 Å². The van der Waals surface area contributed by atoms with Gasteiger partial charge in [0.15, 0.2) is 0 Å². The summed E-state index contributed by atoms with van der Waals surface area (Å²) in [7, 11) is 1.91. The van der Waals surface area contributed by atoms with Crippen LogP contribution in [-0.2, 0) is 0 Å². The Morgan fingerprint density at radius 1 is 1.36 bits per heavy atom. The topological polar surface area (TPSA) is 45.2 Å². The number of hydrogen-bond acceptors (Lipinski definition) is 3. The molecule has 0 radical (unpaired) electrons. The number of fused-ring (bicyclic) bond motifs is 1. The summed E-state index contributed by atoms with van der Waals surface area (Å²) in [4.78, 5) is 19.6. The molecule has 1 aliphatic heterocycles. The first kappa shape index (κ1) is 15.0. The number of carbonyl (C=O) groups excluding carboxylic acids is 1. The molecule has 1 aromatic heterocycles. The van der Waals surface area contributed by atoms with Gasteiger partial charge in [0.2, 0.25) is 0 Å². The predicted molar refractivity (Wildman–Crippen MR) is 89.2 cm³/mol. The van der Waals surface area contributed by atoms with E-state index in [1.807, 2.05) is 42.3 Å². The molecular weight excluding hydrogens is 274 g/mol. The molecular formula is C18H23N3O. The summed E-state index contributed by atoms with van der Waals surface area (Å²) in [5.41, 5.74) is 2.64. The van der Waals surface area contributed by atoms with Crippen LogP contribution in [-0.4, -0.2) is 42.0 Å². The highest BCUT2D eigenvalue weighted by atomic mass is 16.2. The first-order chi connectivity index (χ1) is 10.6. The Hall–Kier alpha value is -1.94. The van der Waals surface area contributed by atoms with Crippen LogP contribution in [0.2, 0.25) is 0 Å². The minimum Gasteiger partial charge on any atom is -0.337 e. The van der Waals surface area contributed by atoms with Crippen molar-refractivity contribution in [3.8, 4) is 0 Å². The summed E-state index contributed by atoms with van der Waals surface area (Å²) in [6.07, 6.45) is 1.02. The van der Waals surface area contributed by atoms with Crippen molar-refractivity contribution in [1.29, 1.82) is 0 Å². The summed E-state index contributed by atoms with van der Waals surface area (Å²) in [5, 5.41) is 4.26. The second-order valence-electron chi connectivity index (χ2n) is 6.33. The van der Waals surface area contributed by atoms with Crippen molar-refractivity contribution in [3.63, 3.8) is 0 Å². The number of rotatable bonds is 3. The number of benzene rings is 1. The molecule has 4 nitrogen and oxygen atoms in total. The van der Waals surface area contributed by atoms with Crippen LogP contribution in [0.5, 0.6) is 0 Å². The molecule has 1 fully saturated rings. The number of carbonyl (C=O) groups is 1. The van der Waals surface area contributed by atoms with E-state index in [0.717, 1.165) is 41.7 Å². The molecule has 1 saturated heterocycles. The zero-order valence-corrected chi connectivity index (χ0v) is 13.5. The Bertz CT molecular complexity index is 690. The highest BCUT2D eigenvalue weighted by Gasteiger charge is 2.25. The molecule has 1 unspecified atom stereocenters. The lowest BCUT2D eigenvalue weighted by atomic mass is 10.0. The molecule has 0 spiro atoms. The first-order valence-corrected chi connectivity index (χ1v) is 7.95. The second kappa shape index (κ2) is 6.05. The van der Waals surface area contributed by atoms with Gasteiger partial charge < -0.3 is 10.2 Å². The number of pyridine rings is 1. The highest BCUT2D eigenvalue weighted by molar-refractivity contribution is 6.06. The van der Waals surface area contributed by atoms with Crippen LogP contribution >= 0.6 is 0 Å². The monoisotopic (exact) mass is 297 g/mol. The van der Waals surface area contributed by atoms with Crippen LogP contribution < -0.4 is 5.32 Å². The van der Waals surface area contributed by atoms with Gasteiger partial charge in [-0.25, -0.2) is 0 Å². The summed E-state index contributed by atoms with van der Waals surface area (Å²) in [5.74, 6) is 0.392. The zero-order chi connectivity index (χ0) is 15.7. The third-order valence-electron chi connectivity index (χ3n) is 4.46. The molecule has 2 heterocycles. The number of amides is 1. The van der Waals surface area contributed by atoms with Gasteiger partial charge in [0, 0.05) is 30.7 Å². The van der Waals surface area contributed by atoms with E-state index in [9.17, 15) is 4.79 Å². The molecule has 116 valence electrons. The Morgan fingerprint density at radius 2 is 2.14 bits per heavy atom. The van der Waals surface area contributed by atoms with Crippen LogP contribution in [0.25, 0.3) is 10.9 Å². The van der Waals surface area contributed by atoms with Crippen molar-refractivity contribution < 1.29 is 4.79 Å². The van der Waals surface area contributed by atoms with Crippen molar-refractivity contribution in [1.82, 2.24) is 15.2 Å². The average Bonchev–Trinajstić information content (AvgIpc) is 3.06. The van der Waals surface area contributed by atoms with E-state index in [0.29, 0.717) is 5.92 Å². The molecule has 1 aromatic carbocycles.